The van der Waals surface area contributed by atoms with Crippen LogP contribution in [0, 0.1) is 10.7 Å². The summed E-state index contributed by atoms with van der Waals surface area (Å²) >= 11 is 5.59. The second-order valence-corrected chi connectivity index (χ2v) is 6.48. The molecule has 1 aliphatic carbocycles. The smallest absolute Gasteiger partial charge is 0.177 e. The van der Waals surface area contributed by atoms with Gasteiger partial charge in [-0.2, -0.15) is 0 Å². The van der Waals surface area contributed by atoms with E-state index in [2.05, 4.69) is 53.0 Å². The number of imidazole rings is 1. The predicted molar refractivity (Wildman–Crippen MR) is 91.0 cm³/mol. The minimum Gasteiger partial charge on any atom is -0.337 e. The second kappa shape index (κ2) is 6.61. The van der Waals surface area contributed by atoms with Gasteiger partial charge in [-0.05, 0) is 43.0 Å². The summed E-state index contributed by atoms with van der Waals surface area (Å²) in [4.78, 5) is 3.27. The van der Waals surface area contributed by atoms with Gasteiger partial charge in [-0.15, -0.1) is 0 Å². The maximum absolute atomic E-state index is 5.59. The molecule has 1 unspecified atom stereocenters. The first-order valence-electron chi connectivity index (χ1n) is 8.16. The van der Waals surface area contributed by atoms with Crippen molar-refractivity contribution in [1.29, 1.82) is 0 Å². The molecule has 3 rings (SSSR count). The van der Waals surface area contributed by atoms with Gasteiger partial charge in [-0.1, -0.05) is 56.5 Å². The van der Waals surface area contributed by atoms with Gasteiger partial charge >= 0.3 is 0 Å². The summed E-state index contributed by atoms with van der Waals surface area (Å²) in [6, 6.07) is 11.1. The van der Waals surface area contributed by atoms with Crippen molar-refractivity contribution in [3.05, 3.63) is 41.3 Å². The monoisotopic (exact) mass is 300 g/mol. The molecule has 3 heteroatoms. The fourth-order valence-corrected chi connectivity index (χ4v) is 4.08. The molecule has 21 heavy (non-hydrogen) atoms. The standard InChI is InChI=1S/C18H24N2S/c1-2-16(14-9-5-3-6-10-14)20-17(13-19-18(20)21)15-11-7-4-8-12-15/h4,7-8,11-14,16H,2-3,5-6,9-10H2,1H3,(H,19,21). The molecule has 1 atom stereocenters. The van der Waals surface area contributed by atoms with E-state index in [0.717, 1.165) is 17.1 Å². The Kier molecular flexibility index (Phi) is 4.59. The van der Waals surface area contributed by atoms with Crippen molar-refractivity contribution in [2.45, 2.75) is 51.5 Å². The van der Waals surface area contributed by atoms with Crippen molar-refractivity contribution in [1.82, 2.24) is 9.55 Å². The lowest BCUT2D eigenvalue weighted by atomic mass is 9.82. The minimum absolute atomic E-state index is 0.527. The molecule has 2 nitrogen and oxygen atoms in total. The van der Waals surface area contributed by atoms with Crippen LogP contribution in [-0.2, 0) is 0 Å². The Balaban J connectivity index is 2.00. The number of aromatic amines is 1. The summed E-state index contributed by atoms with van der Waals surface area (Å²) < 4.78 is 3.24. The molecule has 112 valence electrons. The lowest BCUT2D eigenvalue weighted by molar-refractivity contribution is 0.243. The van der Waals surface area contributed by atoms with E-state index in [1.54, 1.807) is 0 Å². The highest BCUT2D eigenvalue weighted by Crippen LogP contribution is 2.37. The number of H-pyrrole nitrogens is 1. The molecule has 1 fully saturated rings. The predicted octanol–water partition coefficient (Wildman–Crippen LogP) is 5.74. The highest BCUT2D eigenvalue weighted by molar-refractivity contribution is 7.71. The zero-order valence-corrected chi connectivity index (χ0v) is 13.5. The maximum Gasteiger partial charge on any atom is 0.177 e. The molecule has 0 spiro atoms. The zero-order chi connectivity index (χ0) is 14.7. The Labute approximate surface area is 132 Å². The molecule has 0 aliphatic heterocycles. The van der Waals surface area contributed by atoms with Crippen LogP contribution >= 0.6 is 12.2 Å². The fraction of sp³-hybridized carbons (Fsp3) is 0.500. The first-order valence-corrected chi connectivity index (χ1v) is 8.57. The average molecular weight is 300 g/mol. The fourth-order valence-electron chi connectivity index (χ4n) is 3.78. The van der Waals surface area contributed by atoms with Crippen LogP contribution in [0.4, 0.5) is 0 Å². The summed E-state index contributed by atoms with van der Waals surface area (Å²) in [5, 5.41) is 0. The summed E-state index contributed by atoms with van der Waals surface area (Å²) in [6.45, 7) is 2.29. The van der Waals surface area contributed by atoms with Gasteiger partial charge in [0.15, 0.2) is 4.77 Å². The van der Waals surface area contributed by atoms with Gasteiger partial charge in [0.05, 0.1) is 5.69 Å². The Morgan fingerprint density at radius 3 is 2.57 bits per heavy atom. The Hall–Kier alpha value is -1.35. The molecule has 0 radical (unpaired) electrons. The van der Waals surface area contributed by atoms with Gasteiger partial charge in [0.1, 0.15) is 0 Å². The molecule has 0 bridgehead atoms. The van der Waals surface area contributed by atoms with Gasteiger partial charge in [-0.25, -0.2) is 0 Å². The average Bonchev–Trinajstić information content (AvgIpc) is 2.92. The number of hydrogen-bond acceptors (Lipinski definition) is 1. The van der Waals surface area contributed by atoms with Gasteiger partial charge in [0.2, 0.25) is 0 Å². The van der Waals surface area contributed by atoms with Gasteiger partial charge < -0.3 is 9.55 Å². The third kappa shape index (κ3) is 2.98. The summed E-state index contributed by atoms with van der Waals surface area (Å²) in [7, 11) is 0. The largest absolute Gasteiger partial charge is 0.337 e. The van der Waals surface area contributed by atoms with Crippen LogP contribution in [0.25, 0.3) is 11.3 Å². The maximum atomic E-state index is 5.59. The van der Waals surface area contributed by atoms with Crippen LogP contribution in [0.1, 0.15) is 51.5 Å². The molecule has 1 aromatic heterocycles. The SMILES string of the molecule is CCC(C1CCCCC1)n1c(-c2ccccc2)c[nH]c1=S. The molecule has 0 amide bonds. The third-order valence-corrected chi connectivity index (χ3v) is 5.14. The highest BCUT2D eigenvalue weighted by atomic mass is 32.1. The Morgan fingerprint density at radius 2 is 1.90 bits per heavy atom. The number of rotatable bonds is 4. The first kappa shape index (κ1) is 14.6. The van der Waals surface area contributed by atoms with Crippen LogP contribution in [-0.4, -0.2) is 9.55 Å². The lowest BCUT2D eigenvalue weighted by Gasteiger charge is -2.31. The zero-order valence-electron chi connectivity index (χ0n) is 12.7. The molecule has 0 saturated heterocycles. The number of benzene rings is 1. The second-order valence-electron chi connectivity index (χ2n) is 6.09. The van der Waals surface area contributed by atoms with Crippen molar-refractivity contribution < 1.29 is 0 Å². The third-order valence-electron chi connectivity index (χ3n) is 4.82. The van der Waals surface area contributed by atoms with Crippen molar-refractivity contribution in [3.63, 3.8) is 0 Å². The van der Waals surface area contributed by atoms with E-state index in [0.29, 0.717) is 6.04 Å². The number of nitrogens with one attached hydrogen (secondary N) is 1. The van der Waals surface area contributed by atoms with E-state index in [1.165, 1.54) is 43.4 Å². The molecule has 1 aliphatic rings. The van der Waals surface area contributed by atoms with E-state index in [4.69, 9.17) is 12.2 Å². The normalized spacial score (nSPS) is 17.8. The highest BCUT2D eigenvalue weighted by Gasteiger charge is 2.26. The van der Waals surface area contributed by atoms with Crippen molar-refractivity contribution in [2.75, 3.05) is 0 Å². The van der Waals surface area contributed by atoms with E-state index in [1.807, 2.05) is 0 Å². The van der Waals surface area contributed by atoms with E-state index < -0.39 is 0 Å². The quantitative estimate of drug-likeness (QED) is 0.714. The minimum atomic E-state index is 0.527. The van der Waals surface area contributed by atoms with E-state index >= 15 is 0 Å². The summed E-state index contributed by atoms with van der Waals surface area (Å²) in [5.41, 5.74) is 2.48. The summed E-state index contributed by atoms with van der Waals surface area (Å²) in [5.74, 6) is 0.772. The molecule has 1 saturated carbocycles. The van der Waals surface area contributed by atoms with Crippen molar-refractivity contribution >= 4 is 12.2 Å². The van der Waals surface area contributed by atoms with Crippen LogP contribution in [0.2, 0.25) is 0 Å². The molecule has 1 N–H and O–H groups in total. The molecule has 2 aromatic rings. The van der Waals surface area contributed by atoms with E-state index in [-0.39, 0.29) is 0 Å². The molecular formula is C18H24N2S. The van der Waals surface area contributed by atoms with Crippen LogP contribution in [0.3, 0.4) is 0 Å². The van der Waals surface area contributed by atoms with E-state index in [9.17, 15) is 0 Å². The number of nitrogens with zero attached hydrogens (tertiary/aromatic N) is 1. The van der Waals surface area contributed by atoms with Crippen molar-refractivity contribution in [3.8, 4) is 11.3 Å². The first-order chi connectivity index (χ1) is 10.3. The molecule has 1 aromatic carbocycles. The molecule has 1 heterocycles. The van der Waals surface area contributed by atoms with Crippen LogP contribution in [0.5, 0.6) is 0 Å². The number of aromatic nitrogens is 2. The van der Waals surface area contributed by atoms with Gasteiger partial charge in [-0.3, -0.25) is 0 Å². The Bertz CT molecular complexity index is 620. The van der Waals surface area contributed by atoms with Crippen molar-refractivity contribution in [2.24, 2.45) is 5.92 Å². The Morgan fingerprint density at radius 1 is 1.19 bits per heavy atom. The molecular weight excluding hydrogens is 276 g/mol. The summed E-state index contributed by atoms with van der Waals surface area (Å²) in [6.07, 6.45) is 10.1. The topological polar surface area (TPSA) is 20.7 Å². The lowest BCUT2D eigenvalue weighted by Crippen LogP contribution is -2.22. The number of hydrogen-bond donors (Lipinski definition) is 1. The van der Waals surface area contributed by atoms with Gasteiger partial charge in [0, 0.05) is 12.2 Å². The van der Waals surface area contributed by atoms with Crippen LogP contribution in [0.15, 0.2) is 36.5 Å². The van der Waals surface area contributed by atoms with Crippen LogP contribution < -0.4 is 0 Å². The van der Waals surface area contributed by atoms with Gasteiger partial charge in [0.25, 0.3) is 0 Å².